The predicted molar refractivity (Wildman–Crippen MR) is 116 cm³/mol. The van der Waals surface area contributed by atoms with Crippen molar-refractivity contribution >= 4 is 12.2 Å². The largest absolute Gasteiger partial charge is 0.436 e. The van der Waals surface area contributed by atoms with E-state index < -0.39 is 12.2 Å². The fraction of sp³-hybridized carbons (Fsp3) is 0.333. The Bertz CT molecular complexity index is 882. The third-order valence-electron chi connectivity index (χ3n) is 4.38. The van der Waals surface area contributed by atoms with Gasteiger partial charge in [0.05, 0.1) is 0 Å². The molecule has 0 atom stereocenters. The van der Waals surface area contributed by atoms with E-state index in [4.69, 9.17) is 9.47 Å². The van der Waals surface area contributed by atoms with Gasteiger partial charge in [0.2, 0.25) is 0 Å². The molecule has 0 aromatic heterocycles. The number of ether oxygens (including phenoxy) is 2. The Labute approximate surface area is 178 Å². The smallest absolute Gasteiger partial charge is 0.408 e. The first-order valence-electron chi connectivity index (χ1n) is 10.0. The number of benzene rings is 2. The van der Waals surface area contributed by atoms with E-state index in [1.165, 1.54) is 11.1 Å². The zero-order valence-electron chi connectivity index (χ0n) is 17.5. The summed E-state index contributed by atoms with van der Waals surface area (Å²) in [5.41, 5.74) is 4.47. The van der Waals surface area contributed by atoms with Gasteiger partial charge in [-0.05, 0) is 35.1 Å². The Kier molecular flexibility index (Phi) is 9.81. The lowest BCUT2D eigenvalue weighted by molar-refractivity contribution is 0.156. The first-order chi connectivity index (χ1) is 14.6. The van der Waals surface area contributed by atoms with Crippen LogP contribution in [0.25, 0.3) is 0 Å². The topological polar surface area (TPSA) is 76.7 Å². The van der Waals surface area contributed by atoms with Gasteiger partial charge >= 0.3 is 12.2 Å². The third-order valence-corrected chi connectivity index (χ3v) is 4.38. The van der Waals surface area contributed by atoms with E-state index >= 15 is 0 Å². The van der Waals surface area contributed by atoms with Crippen LogP contribution in [-0.4, -0.2) is 25.4 Å². The molecular formula is C24H28N2O4. The van der Waals surface area contributed by atoms with E-state index in [1.54, 1.807) is 0 Å². The van der Waals surface area contributed by atoms with Gasteiger partial charge in [-0.1, -0.05) is 74.2 Å². The van der Waals surface area contributed by atoms with Crippen molar-refractivity contribution in [3.8, 4) is 11.8 Å². The van der Waals surface area contributed by atoms with Crippen molar-refractivity contribution < 1.29 is 19.1 Å². The number of alkyl carbamates (subject to hydrolysis) is 2. The van der Waals surface area contributed by atoms with Crippen molar-refractivity contribution in [3.63, 3.8) is 0 Å². The summed E-state index contributed by atoms with van der Waals surface area (Å²) in [5, 5.41) is 5.34. The number of hydrogen-bond donors (Lipinski definition) is 2. The van der Waals surface area contributed by atoms with Gasteiger partial charge in [0, 0.05) is 13.1 Å². The van der Waals surface area contributed by atoms with E-state index in [0.29, 0.717) is 13.1 Å². The van der Waals surface area contributed by atoms with Gasteiger partial charge in [0.25, 0.3) is 0 Å². The van der Waals surface area contributed by atoms with Gasteiger partial charge in [-0.25, -0.2) is 9.59 Å². The Hall–Kier alpha value is -3.46. The quantitative estimate of drug-likeness (QED) is 0.648. The standard InChI is InChI=1S/C24H28N2O4/c1-3-19-10-12-21(13-11-19)17-25-23(27)29-14-5-6-15-30-24(28)26-18-22-9-7-8-20(4-2)16-22/h7-13,16H,3-4,14-15,17-18H2,1-2H3,(H,25,27)(H,26,28). The predicted octanol–water partition coefficient (Wildman–Crippen LogP) is 3.97. The van der Waals surface area contributed by atoms with Crippen LogP contribution in [0.2, 0.25) is 0 Å². The highest BCUT2D eigenvalue weighted by molar-refractivity contribution is 5.67. The highest BCUT2D eigenvalue weighted by Crippen LogP contribution is 2.06. The average molecular weight is 408 g/mol. The molecule has 158 valence electrons. The molecule has 0 radical (unpaired) electrons. The molecule has 2 aromatic carbocycles. The zero-order chi connectivity index (χ0) is 21.6. The van der Waals surface area contributed by atoms with Crippen LogP contribution in [0.15, 0.2) is 48.5 Å². The van der Waals surface area contributed by atoms with E-state index in [0.717, 1.165) is 24.0 Å². The molecule has 2 rings (SSSR count). The van der Waals surface area contributed by atoms with Gasteiger partial charge in [-0.15, -0.1) is 0 Å². The molecule has 2 amide bonds. The minimum atomic E-state index is -0.545. The van der Waals surface area contributed by atoms with Crippen LogP contribution in [0, 0.1) is 11.8 Å². The van der Waals surface area contributed by atoms with Crippen molar-refractivity contribution in [1.82, 2.24) is 10.6 Å². The van der Waals surface area contributed by atoms with Crippen molar-refractivity contribution in [2.45, 2.75) is 39.8 Å². The van der Waals surface area contributed by atoms with E-state index in [9.17, 15) is 9.59 Å². The van der Waals surface area contributed by atoms with Gasteiger partial charge < -0.3 is 20.1 Å². The molecule has 2 aromatic rings. The molecule has 0 fully saturated rings. The Morgan fingerprint density at radius 1 is 0.733 bits per heavy atom. The maximum atomic E-state index is 11.7. The molecule has 0 spiro atoms. The lowest BCUT2D eigenvalue weighted by Gasteiger charge is -2.06. The van der Waals surface area contributed by atoms with Crippen molar-refractivity contribution in [2.75, 3.05) is 13.2 Å². The Morgan fingerprint density at radius 2 is 1.23 bits per heavy atom. The summed E-state index contributed by atoms with van der Waals surface area (Å²) in [7, 11) is 0. The molecule has 0 aliphatic carbocycles. The fourth-order valence-corrected chi connectivity index (χ4v) is 2.61. The maximum Gasteiger partial charge on any atom is 0.408 e. The minimum absolute atomic E-state index is 0.0738. The number of carbonyl (C=O) groups is 2. The first kappa shape index (κ1) is 22.8. The Morgan fingerprint density at radius 3 is 1.80 bits per heavy atom. The second-order valence-corrected chi connectivity index (χ2v) is 6.56. The van der Waals surface area contributed by atoms with Crippen molar-refractivity contribution in [1.29, 1.82) is 0 Å². The van der Waals surface area contributed by atoms with E-state index in [1.807, 2.05) is 48.5 Å². The second-order valence-electron chi connectivity index (χ2n) is 6.56. The number of hydrogen-bond acceptors (Lipinski definition) is 4. The number of amides is 2. The highest BCUT2D eigenvalue weighted by atomic mass is 16.6. The number of nitrogens with one attached hydrogen (secondary N) is 2. The van der Waals surface area contributed by atoms with Gasteiger partial charge in [0.1, 0.15) is 0 Å². The molecule has 0 heterocycles. The number of rotatable bonds is 8. The van der Waals surface area contributed by atoms with E-state index in [-0.39, 0.29) is 13.2 Å². The second kappa shape index (κ2) is 12.9. The van der Waals surface area contributed by atoms with Gasteiger partial charge in [-0.3, -0.25) is 0 Å². The molecule has 6 nitrogen and oxygen atoms in total. The van der Waals surface area contributed by atoms with E-state index in [2.05, 4.69) is 36.3 Å². The molecule has 2 N–H and O–H groups in total. The van der Waals surface area contributed by atoms with Crippen LogP contribution in [0.4, 0.5) is 9.59 Å². The SMILES string of the molecule is CCc1ccc(CNC(=O)OCC#CCOC(=O)NCc2cccc(CC)c2)cc1. The summed E-state index contributed by atoms with van der Waals surface area (Å²) < 4.78 is 9.93. The van der Waals surface area contributed by atoms with Crippen molar-refractivity contribution in [2.24, 2.45) is 0 Å². The van der Waals surface area contributed by atoms with Crippen molar-refractivity contribution in [3.05, 3.63) is 70.8 Å². The molecular weight excluding hydrogens is 380 g/mol. The van der Waals surface area contributed by atoms with Crippen LogP contribution in [0.5, 0.6) is 0 Å². The van der Waals surface area contributed by atoms with Crippen LogP contribution in [0.3, 0.4) is 0 Å². The molecule has 0 aliphatic heterocycles. The lowest BCUT2D eigenvalue weighted by atomic mass is 10.1. The molecule has 0 bridgehead atoms. The summed E-state index contributed by atoms with van der Waals surface area (Å²) >= 11 is 0. The molecule has 0 saturated carbocycles. The summed E-state index contributed by atoms with van der Waals surface area (Å²) in [4.78, 5) is 23.3. The van der Waals surface area contributed by atoms with Gasteiger partial charge in [0.15, 0.2) is 13.2 Å². The van der Waals surface area contributed by atoms with Crippen LogP contribution < -0.4 is 10.6 Å². The molecule has 30 heavy (non-hydrogen) atoms. The first-order valence-corrected chi connectivity index (χ1v) is 10.0. The molecule has 6 heteroatoms. The normalized spacial score (nSPS) is 9.80. The summed E-state index contributed by atoms with van der Waals surface area (Å²) in [6, 6.07) is 16.0. The zero-order valence-corrected chi connectivity index (χ0v) is 17.5. The Balaban J connectivity index is 1.56. The summed E-state index contributed by atoms with van der Waals surface area (Å²) in [5.74, 6) is 5.27. The summed E-state index contributed by atoms with van der Waals surface area (Å²) in [6.45, 7) is 4.81. The highest BCUT2D eigenvalue weighted by Gasteiger charge is 2.02. The third kappa shape index (κ3) is 8.70. The maximum absolute atomic E-state index is 11.7. The molecule has 0 aliphatic rings. The molecule has 0 unspecified atom stereocenters. The average Bonchev–Trinajstić information content (AvgIpc) is 2.79. The number of aryl methyl sites for hydroxylation is 2. The lowest BCUT2D eigenvalue weighted by Crippen LogP contribution is -2.24. The monoisotopic (exact) mass is 408 g/mol. The van der Waals surface area contributed by atoms with Crippen LogP contribution in [-0.2, 0) is 35.4 Å². The summed E-state index contributed by atoms with van der Waals surface area (Å²) in [6.07, 6.45) is 0.836. The fourth-order valence-electron chi connectivity index (χ4n) is 2.61. The number of carbonyl (C=O) groups excluding carboxylic acids is 2. The van der Waals surface area contributed by atoms with Crippen LogP contribution in [0.1, 0.15) is 36.1 Å². The van der Waals surface area contributed by atoms with Gasteiger partial charge in [-0.2, -0.15) is 0 Å². The minimum Gasteiger partial charge on any atom is -0.436 e. The molecule has 0 saturated heterocycles. The van der Waals surface area contributed by atoms with Crippen LogP contribution >= 0.6 is 0 Å².